The predicted octanol–water partition coefficient (Wildman–Crippen LogP) is 4.27. The number of rotatable bonds is 6. The Morgan fingerprint density at radius 3 is 1.10 bits per heavy atom. The number of carbonyl (C=O) groups is 2. The van der Waals surface area contributed by atoms with Crippen molar-refractivity contribution in [1.82, 2.24) is 0 Å². The number of Topliss-reactive ketones (excluding diaryl/α,β-unsaturated/α-hetero) is 2. The normalized spacial score (nSPS) is 13.4. The van der Waals surface area contributed by atoms with E-state index in [1.54, 1.807) is 0 Å². The first-order valence-electron chi connectivity index (χ1n) is 9.50. The van der Waals surface area contributed by atoms with Crippen molar-refractivity contribution in [3.63, 3.8) is 0 Å². The molecule has 0 saturated carbocycles. The van der Waals surface area contributed by atoms with Gasteiger partial charge >= 0.3 is 0 Å². The van der Waals surface area contributed by atoms with E-state index in [2.05, 4.69) is 13.1 Å². The fourth-order valence-electron chi connectivity index (χ4n) is 3.61. The number of carbonyl (C=O) groups excluding carboxylic acids is 2. The topological polar surface area (TPSA) is 74.6 Å². The molecule has 0 aliphatic carbocycles. The van der Waals surface area contributed by atoms with E-state index in [1.807, 2.05) is 48.5 Å². The molecule has 4 nitrogen and oxygen atoms in total. The second-order valence-corrected chi connectivity index (χ2v) is 12.2. The first-order chi connectivity index (χ1) is 13.5. The third-order valence-corrected chi connectivity index (χ3v) is 8.77. The van der Waals surface area contributed by atoms with Crippen molar-refractivity contribution in [2.24, 2.45) is 0 Å². The molecule has 0 atom stereocenters. The summed E-state index contributed by atoms with van der Waals surface area (Å²) in [5.74, 6) is -0.298. The lowest BCUT2D eigenvalue weighted by Gasteiger charge is -2.24. The van der Waals surface area contributed by atoms with Crippen molar-refractivity contribution in [2.45, 2.75) is 40.8 Å². The fourth-order valence-corrected chi connectivity index (χ4v) is 5.94. The Morgan fingerprint density at radius 1 is 0.621 bits per heavy atom. The number of hydrogen-bond acceptors (Lipinski definition) is 4. The second kappa shape index (κ2) is 8.62. The highest BCUT2D eigenvalue weighted by atomic mass is 28.3. The van der Waals surface area contributed by atoms with Gasteiger partial charge in [0.25, 0.3) is 0 Å². The molecular formula is C24H28O4Si. The van der Waals surface area contributed by atoms with Gasteiger partial charge in [0.1, 0.15) is 19.6 Å². The lowest BCUT2D eigenvalue weighted by Crippen LogP contribution is -2.52. The zero-order valence-corrected chi connectivity index (χ0v) is 18.8. The van der Waals surface area contributed by atoms with Crippen LogP contribution < -0.4 is 10.4 Å². The maximum absolute atomic E-state index is 11.8. The zero-order chi connectivity index (χ0) is 21.9. The van der Waals surface area contributed by atoms with Gasteiger partial charge in [-0.3, -0.25) is 9.59 Å². The van der Waals surface area contributed by atoms with Crippen LogP contribution in [0.25, 0.3) is 11.1 Å². The van der Waals surface area contributed by atoms with Gasteiger partial charge in [-0.1, -0.05) is 72.0 Å². The van der Waals surface area contributed by atoms with E-state index in [1.165, 1.54) is 38.1 Å². The Labute approximate surface area is 173 Å². The van der Waals surface area contributed by atoms with Crippen LogP contribution in [0, 0.1) is 0 Å². The maximum atomic E-state index is 11.8. The monoisotopic (exact) mass is 408 g/mol. The first-order valence-corrected chi connectivity index (χ1v) is 12.5. The number of aliphatic hydroxyl groups excluding tert-OH is 2. The van der Waals surface area contributed by atoms with Crippen LogP contribution in [-0.2, 0) is 9.59 Å². The van der Waals surface area contributed by atoms with Gasteiger partial charge in [0.2, 0.25) is 0 Å². The van der Waals surface area contributed by atoms with E-state index >= 15 is 0 Å². The van der Waals surface area contributed by atoms with Gasteiger partial charge in [0, 0.05) is 0 Å². The molecule has 29 heavy (non-hydrogen) atoms. The van der Waals surface area contributed by atoms with Gasteiger partial charge in [0.05, 0.1) is 11.1 Å². The molecule has 0 radical (unpaired) electrons. The summed E-state index contributed by atoms with van der Waals surface area (Å²) in [5, 5.41) is 22.0. The van der Waals surface area contributed by atoms with E-state index in [-0.39, 0.29) is 23.1 Å². The summed E-state index contributed by atoms with van der Waals surface area (Å²) in [6.45, 7) is 10.4. The van der Waals surface area contributed by atoms with Crippen LogP contribution in [0.5, 0.6) is 0 Å². The highest BCUT2D eigenvalue weighted by Crippen LogP contribution is 2.20. The lowest BCUT2D eigenvalue weighted by molar-refractivity contribution is -0.112. The molecule has 0 spiro atoms. The second-order valence-electron chi connectivity index (χ2n) is 7.81. The average molecular weight is 409 g/mol. The van der Waals surface area contributed by atoms with Crippen molar-refractivity contribution in [2.75, 3.05) is 0 Å². The SMILES string of the molecule is CC(=O)/C(=C(/C)O)c1ccc([Si](C)(C)c2ccc(/C(C(C)=O)=C(\C)O)cc2)cc1. The molecule has 0 unspecified atom stereocenters. The van der Waals surface area contributed by atoms with Crippen LogP contribution in [0.15, 0.2) is 60.0 Å². The molecule has 0 aromatic heterocycles. The molecule has 2 aromatic carbocycles. The van der Waals surface area contributed by atoms with Crippen molar-refractivity contribution in [1.29, 1.82) is 0 Å². The molecule has 5 heteroatoms. The first kappa shape index (κ1) is 22.4. The summed E-state index contributed by atoms with van der Waals surface area (Å²) in [5.41, 5.74) is 2.08. The van der Waals surface area contributed by atoms with Crippen molar-refractivity contribution in [3.05, 3.63) is 71.2 Å². The molecule has 2 aromatic rings. The molecule has 0 bridgehead atoms. The van der Waals surface area contributed by atoms with E-state index in [0.717, 1.165) is 0 Å². The number of hydrogen-bond donors (Lipinski definition) is 2. The molecule has 0 heterocycles. The van der Waals surface area contributed by atoms with Crippen molar-refractivity contribution in [3.8, 4) is 0 Å². The third kappa shape index (κ3) is 4.74. The highest BCUT2D eigenvalue weighted by Gasteiger charge is 2.26. The van der Waals surface area contributed by atoms with E-state index in [4.69, 9.17) is 0 Å². The van der Waals surface area contributed by atoms with E-state index in [0.29, 0.717) is 22.3 Å². The maximum Gasteiger partial charge on any atom is 0.163 e. The minimum atomic E-state index is -2.01. The van der Waals surface area contributed by atoms with E-state index in [9.17, 15) is 19.8 Å². The summed E-state index contributed by atoms with van der Waals surface area (Å²) in [7, 11) is -2.01. The minimum Gasteiger partial charge on any atom is -0.512 e. The van der Waals surface area contributed by atoms with Gasteiger partial charge < -0.3 is 10.2 Å². The highest BCUT2D eigenvalue weighted by molar-refractivity contribution is 7.00. The molecule has 2 N–H and O–H groups in total. The summed E-state index contributed by atoms with van der Waals surface area (Å²) in [6.07, 6.45) is 0. The quantitative estimate of drug-likeness (QED) is 0.425. The zero-order valence-electron chi connectivity index (χ0n) is 17.8. The Kier molecular flexibility index (Phi) is 6.64. The summed E-state index contributed by atoms with van der Waals surface area (Å²) in [6, 6.07) is 15.6. The van der Waals surface area contributed by atoms with Crippen LogP contribution >= 0.6 is 0 Å². The van der Waals surface area contributed by atoms with Gasteiger partial charge in [-0.2, -0.15) is 0 Å². The fraction of sp³-hybridized carbons (Fsp3) is 0.250. The standard InChI is InChI=1S/C24H28O4Si/c1-15(25)23(16(2)26)19-7-11-21(12-8-19)29(5,6)22-13-9-20(10-14-22)24(17(3)27)18(4)28/h7-14,25,27H,1-6H3/b23-15+,24-17+. The third-order valence-electron chi connectivity index (χ3n) is 5.22. The Bertz CT molecular complexity index is 905. The van der Waals surface area contributed by atoms with Gasteiger partial charge in [-0.05, 0) is 38.8 Å². The van der Waals surface area contributed by atoms with Crippen LogP contribution in [0.1, 0.15) is 38.8 Å². The van der Waals surface area contributed by atoms with Gasteiger partial charge in [-0.25, -0.2) is 0 Å². The summed E-state index contributed by atoms with van der Waals surface area (Å²) in [4.78, 5) is 23.6. The summed E-state index contributed by atoms with van der Waals surface area (Å²) < 4.78 is 0. The Balaban J connectivity index is 2.41. The van der Waals surface area contributed by atoms with Crippen molar-refractivity contribution < 1.29 is 19.8 Å². The average Bonchev–Trinajstić information content (AvgIpc) is 2.61. The van der Waals surface area contributed by atoms with Gasteiger partial charge in [0.15, 0.2) is 11.6 Å². The van der Waals surface area contributed by atoms with Gasteiger partial charge in [-0.15, -0.1) is 0 Å². The molecule has 0 amide bonds. The smallest absolute Gasteiger partial charge is 0.163 e. The predicted molar refractivity (Wildman–Crippen MR) is 121 cm³/mol. The molecule has 0 aliphatic heterocycles. The largest absolute Gasteiger partial charge is 0.512 e. The molecular weight excluding hydrogens is 380 g/mol. The Morgan fingerprint density at radius 2 is 0.897 bits per heavy atom. The number of ketones is 2. The molecule has 0 fully saturated rings. The molecule has 152 valence electrons. The molecule has 2 rings (SSSR count). The number of benzene rings is 2. The van der Waals surface area contributed by atoms with Crippen LogP contribution in [0.3, 0.4) is 0 Å². The van der Waals surface area contributed by atoms with Crippen LogP contribution in [0.4, 0.5) is 0 Å². The van der Waals surface area contributed by atoms with E-state index < -0.39 is 8.07 Å². The summed E-state index contributed by atoms with van der Waals surface area (Å²) >= 11 is 0. The number of aliphatic hydroxyl groups is 2. The van der Waals surface area contributed by atoms with Crippen molar-refractivity contribution >= 4 is 41.2 Å². The lowest BCUT2D eigenvalue weighted by atomic mass is 10.0. The molecule has 0 aliphatic rings. The molecule has 0 saturated heterocycles. The Hall–Kier alpha value is -2.92. The number of allylic oxidation sites excluding steroid dienone is 4. The van der Waals surface area contributed by atoms with Crippen LogP contribution in [-0.4, -0.2) is 29.9 Å². The van der Waals surface area contributed by atoms with Crippen LogP contribution in [0.2, 0.25) is 13.1 Å². The minimum absolute atomic E-state index is 0.0193.